The Hall–Kier alpha value is -1.10. The Kier molecular flexibility index (Phi) is 9.89. The lowest BCUT2D eigenvalue weighted by atomic mass is 10.3. The standard InChI is InChI=1S/C8H20N.C3H4O4/c1-5-9(6-2,7-3)8-4;4-2(5)1-3(6)7/h5-8H2,1-4H3;1H2,(H,4,5)(H,6,7)/q+1;. The van der Waals surface area contributed by atoms with Gasteiger partial charge in [-0.25, -0.2) is 0 Å². The highest BCUT2D eigenvalue weighted by Gasteiger charge is 2.16. The fourth-order valence-corrected chi connectivity index (χ4v) is 1.47. The number of rotatable bonds is 6. The van der Waals surface area contributed by atoms with Gasteiger partial charge in [-0.3, -0.25) is 9.59 Å². The third-order valence-corrected chi connectivity index (χ3v) is 2.99. The Balaban J connectivity index is 0. The number of quaternary nitrogens is 1. The van der Waals surface area contributed by atoms with Crippen molar-refractivity contribution >= 4 is 11.9 Å². The van der Waals surface area contributed by atoms with E-state index in [4.69, 9.17) is 10.2 Å². The molecule has 5 nitrogen and oxygen atoms in total. The van der Waals surface area contributed by atoms with Gasteiger partial charge in [0.25, 0.3) is 0 Å². The van der Waals surface area contributed by atoms with Gasteiger partial charge in [-0.1, -0.05) is 0 Å². The lowest BCUT2D eigenvalue weighted by molar-refractivity contribution is -0.921. The van der Waals surface area contributed by atoms with Crippen LogP contribution in [0.3, 0.4) is 0 Å². The summed E-state index contributed by atoms with van der Waals surface area (Å²) in [5, 5.41) is 15.4. The van der Waals surface area contributed by atoms with Gasteiger partial charge in [-0.15, -0.1) is 0 Å². The van der Waals surface area contributed by atoms with E-state index in [0.29, 0.717) is 0 Å². The first-order valence-corrected chi connectivity index (χ1v) is 5.66. The van der Waals surface area contributed by atoms with Gasteiger partial charge in [-0.05, 0) is 27.7 Å². The monoisotopic (exact) mass is 234 g/mol. The summed E-state index contributed by atoms with van der Waals surface area (Å²) < 4.78 is 1.28. The summed E-state index contributed by atoms with van der Waals surface area (Å²) in [4.78, 5) is 18.9. The Labute approximate surface area is 97.3 Å². The molecule has 2 N–H and O–H groups in total. The van der Waals surface area contributed by atoms with Crippen LogP contribution in [0.15, 0.2) is 0 Å². The summed E-state index contributed by atoms with van der Waals surface area (Å²) in [6.07, 6.45) is -0.806. The van der Waals surface area contributed by atoms with Crippen molar-refractivity contribution in [2.24, 2.45) is 0 Å². The largest absolute Gasteiger partial charge is 0.481 e. The van der Waals surface area contributed by atoms with E-state index in [1.165, 1.54) is 30.7 Å². The average molecular weight is 234 g/mol. The molecule has 0 aliphatic heterocycles. The lowest BCUT2D eigenvalue weighted by Crippen LogP contribution is -2.47. The van der Waals surface area contributed by atoms with Gasteiger partial charge in [0.1, 0.15) is 6.42 Å². The van der Waals surface area contributed by atoms with E-state index in [1.807, 2.05) is 0 Å². The van der Waals surface area contributed by atoms with E-state index in [1.54, 1.807) is 0 Å². The zero-order valence-electron chi connectivity index (χ0n) is 10.7. The number of hydrogen-bond acceptors (Lipinski definition) is 2. The highest BCUT2D eigenvalue weighted by molar-refractivity contribution is 5.88. The summed E-state index contributed by atoms with van der Waals surface area (Å²) >= 11 is 0. The van der Waals surface area contributed by atoms with Crippen molar-refractivity contribution in [1.29, 1.82) is 0 Å². The molecule has 0 aromatic carbocycles. The fraction of sp³-hybridized carbons (Fsp3) is 0.818. The van der Waals surface area contributed by atoms with Crippen LogP contribution in [-0.2, 0) is 9.59 Å². The number of aliphatic carboxylic acids is 2. The van der Waals surface area contributed by atoms with Gasteiger partial charge in [0, 0.05) is 0 Å². The highest BCUT2D eigenvalue weighted by atomic mass is 16.4. The summed E-state index contributed by atoms with van der Waals surface area (Å²) in [6, 6.07) is 0. The maximum absolute atomic E-state index is 9.43. The maximum atomic E-state index is 9.43. The Morgan fingerprint density at radius 2 is 1.06 bits per heavy atom. The average Bonchev–Trinajstić information content (AvgIpc) is 2.21. The second-order valence-corrected chi connectivity index (χ2v) is 3.57. The zero-order chi connectivity index (χ0) is 13.2. The van der Waals surface area contributed by atoms with Crippen LogP contribution in [0.1, 0.15) is 34.1 Å². The van der Waals surface area contributed by atoms with Crippen LogP contribution in [0.2, 0.25) is 0 Å². The minimum Gasteiger partial charge on any atom is -0.481 e. The van der Waals surface area contributed by atoms with Crippen molar-refractivity contribution in [3.8, 4) is 0 Å². The third kappa shape index (κ3) is 8.23. The van der Waals surface area contributed by atoms with Crippen molar-refractivity contribution < 1.29 is 24.3 Å². The molecule has 0 atom stereocenters. The number of nitrogens with zero attached hydrogens (tertiary/aromatic N) is 1. The van der Waals surface area contributed by atoms with E-state index in [0.717, 1.165) is 0 Å². The van der Waals surface area contributed by atoms with Gasteiger partial charge in [0.15, 0.2) is 0 Å². The van der Waals surface area contributed by atoms with Crippen molar-refractivity contribution in [1.82, 2.24) is 0 Å². The molecular weight excluding hydrogens is 210 g/mol. The van der Waals surface area contributed by atoms with Crippen molar-refractivity contribution in [3.05, 3.63) is 0 Å². The molecule has 0 rings (SSSR count). The summed E-state index contributed by atoms with van der Waals surface area (Å²) in [6.45, 7) is 14.2. The maximum Gasteiger partial charge on any atom is 0.314 e. The first kappa shape index (κ1) is 17.3. The number of carbonyl (C=O) groups is 2. The van der Waals surface area contributed by atoms with E-state index < -0.39 is 18.4 Å². The molecule has 0 amide bonds. The van der Waals surface area contributed by atoms with E-state index in [9.17, 15) is 9.59 Å². The molecule has 0 fully saturated rings. The Morgan fingerprint density at radius 3 is 1.06 bits per heavy atom. The van der Waals surface area contributed by atoms with Crippen LogP contribution in [0.4, 0.5) is 0 Å². The molecule has 0 heterocycles. The van der Waals surface area contributed by atoms with Crippen LogP contribution in [0.5, 0.6) is 0 Å². The molecule has 96 valence electrons. The van der Waals surface area contributed by atoms with Gasteiger partial charge in [0.05, 0.1) is 26.2 Å². The number of hydrogen-bond donors (Lipinski definition) is 2. The summed E-state index contributed by atoms with van der Waals surface area (Å²) in [5.41, 5.74) is 0. The topological polar surface area (TPSA) is 74.6 Å². The first-order valence-electron chi connectivity index (χ1n) is 5.66. The van der Waals surface area contributed by atoms with Crippen LogP contribution in [0, 0.1) is 0 Å². The smallest absolute Gasteiger partial charge is 0.314 e. The molecular formula is C11H24NO4+. The molecule has 0 saturated carbocycles. The van der Waals surface area contributed by atoms with E-state index in [-0.39, 0.29) is 0 Å². The molecule has 0 aliphatic carbocycles. The molecule has 0 bridgehead atoms. The second kappa shape index (κ2) is 9.15. The van der Waals surface area contributed by atoms with Gasteiger partial charge in [0.2, 0.25) is 0 Å². The predicted molar refractivity (Wildman–Crippen MR) is 62.3 cm³/mol. The minimum absolute atomic E-state index is 0.806. The quantitative estimate of drug-likeness (QED) is 0.538. The fourth-order valence-electron chi connectivity index (χ4n) is 1.47. The van der Waals surface area contributed by atoms with Crippen molar-refractivity contribution in [2.45, 2.75) is 34.1 Å². The second-order valence-electron chi connectivity index (χ2n) is 3.57. The molecule has 0 aromatic heterocycles. The molecule has 0 spiro atoms. The van der Waals surface area contributed by atoms with Gasteiger partial charge >= 0.3 is 11.9 Å². The van der Waals surface area contributed by atoms with Crippen molar-refractivity contribution in [3.63, 3.8) is 0 Å². The van der Waals surface area contributed by atoms with Crippen LogP contribution >= 0.6 is 0 Å². The molecule has 0 aliphatic rings. The minimum atomic E-state index is -1.31. The van der Waals surface area contributed by atoms with E-state index >= 15 is 0 Å². The SMILES string of the molecule is CC[N+](CC)(CC)CC.O=C(O)CC(=O)O. The first-order chi connectivity index (χ1) is 7.37. The van der Waals surface area contributed by atoms with Gasteiger partial charge < -0.3 is 14.7 Å². The molecule has 0 unspecified atom stereocenters. The summed E-state index contributed by atoms with van der Waals surface area (Å²) in [7, 11) is 0. The molecule has 5 heteroatoms. The van der Waals surface area contributed by atoms with Crippen LogP contribution in [-0.4, -0.2) is 52.8 Å². The molecule has 0 saturated heterocycles. The number of carboxylic acid groups (broad SMARTS) is 2. The highest BCUT2D eigenvalue weighted by Crippen LogP contribution is 2.03. The normalized spacial score (nSPS) is 10.2. The molecule has 16 heavy (non-hydrogen) atoms. The molecule has 0 radical (unpaired) electrons. The Morgan fingerprint density at radius 1 is 0.812 bits per heavy atom. The third-order valence-electron chi connectivity index (χ3n) is 2.99. The van der Waals surface area contributed by atoms with Gasteiger partial charge in [-0.2, -0.15) is 0 Å². The lowest BCUT2D eigenvalue weighted by Gasteiger charge is -2.34. The zero-order valence-corrected chi connectivity index (χ0v) is 10.7. The van der Waals surface area contributed by atoms with Crippen LogP contribution < -0.4 is 0 Å². The molecule has 0 aromatic rings. The van der Waals surface area contributed by atoms with Crippen LogP contribution in [0.25, 0.3) is 0 Å². The summed E-state index contributed by atoms with van der Waals surface area (Å²) in [5.74, 6) is -2.62. The Bertz CT molecular complexity index is 183. The predicted octanol–water partition coefficient (Wildman–Crippen LogP) is 1.43. The van der Waals surface area contributed by atoms with E-state index in [2.05, 4.69) is 27.7 Å². The number of carboxylic acids is 2. The van der Waals surface area contributed by atoms with Crippen molar-refractivity contribution in [2.75, 3.05) is 26.2 Å².